The molecule has 6 nitrogen and oxygen atoms in total. The van der Waals surface area contributed by atoms with Gasteiger partial charge in [-0.15, -0.1) is 0 Å². The molecule has 0 unspecified atom stereocenters. The molecule has 3 heterocycles. The van der Waals surface area contributed by atoms with Crippen molar-refractivity contribution in [1.82, 2.24) is 19.5 Å². The Morgan fingerprint density at radius 2 is 1.81 bits per heavy atom. The Kier molecular flexibility index (Phi) is 3.42. The first-order valence-electron chi connectivity index (χ1n) is 6.66. The molecule has 0 radical (unpaired) electrons. The molecule has 0 spiro atoms. The third-order valence-corrected chi connectivity index (χ3v) is 4.36. The van der Waals surface area contributed by atoms with Crippen LogP contribution in [-0.4, -0.2) is 37.8 Å². The highest BCUT2D eigenvalue weighted by atomic mass is 79.9. The van der Waals surface area contributed by atoms with E-state index < -0.39 is 18.3 Å². The molecule has 0 atom stereocenters. The van der Waals surface area contributed by atoms with Crippen molar-refractivity contribution in [2.75, 3.05) is 0 Å². The quantitative estimate of drug-likeness (QED) is 0.772. The molecule has 0 saturated carbocycles. The number of aromatic nitrogens is 4. The van der Waals surface area contributed by atoms with Crippen molar-refractivity contribution in [2.24, 2.45) is 0 Å². The molecule has 1 fully saturated rings. The van der Waals surface area contributed by atoms with Gasteiger partial charge in [0.05, 0.1) is 23.0 Å². The smallest absolute Gasteiger partial charge is 0.398 e. The zero-order valence-corrected chi connectivity index (χ0v) is 14.0. The molecule has 0 aromatic carbocycles. The summed E-state index contributed by atoms with van der Waals surface area (Å²) in [4.78, 5) is 12.9. The monoisotopic (exact) mass is 350 g/mol. The minimum absolute atomic E-state index is 0.395. The van der Waals surface area contributed by atoms with Gasteiger partial charge in [-0.2, -0.15) is 0 Å². The maximum Gasteiger partial charge on any atom is 0.516 e. The Labute approximate surface area is 132 Å². The van der Waals surface area contributed by atoms with Crippen LogP contribution in [-0.2, 0) is 9.31 Å². The van der Waals surface area contributed by atoms with Crippen molar-refractivity contribution in [3.63, 3.8) is 0 Å². The summed E-state index contributed by atoms with van der Waals surface area (Å²) in [5, 5.41) is 0. The molecule has 1 aliphatic heterocycles. The highest BCUT2D eigenvalue weighted by molar-refractivity contribution is 9.10. The lowest BCUT2D eigenvalue weighted by atomic mass is 9.85. The average molecular weight is 351 g/mol. The Hall–Kier alpha value is -1.25. The van der Waals surface area contributed by atoms with Gasteiger partial charge in [0, 0.05) is 12.4 Å². The van der Waals surface area contributed by atoms with Gasteiger partial charge in [0.25, 0.3) is 0 Å². The summed E-state index contributed by atoms with van der Waals surface area (Å²) in [6.45, 7) is 8.04. The molecule has 8 heteroatoms. The first-order valence-corrected chi connectivity index (χ1v) is 7.45. The molecule has 2 aromatic rings. The predicted octanol–water partition coefficient (Wildman–Crippen LogP) is 1.72. The molecular formula is C13H16BBrN4O2. The second kappa shape index (κ2) is 4.89. The van der Waals surface area contributed by atoms with Crippen molar-refractivity contribution in [3.8, 4) is 5.82 Å². The average Bonchev–Trinajstić information content (AvgIpc) is 2.92. The molecule has 0 N–H and O–H groups in total. The summed E-state index contributed by atoms with van der Waals surface area (Å²) in [6.07, 6.45) is 6.82. The van der Waals surface area contributed by atoms with Gasteiger partial charge in [-0.1, -0.05) is 0 Å². The number of halogens is 1. The summed E-state index contributed by atoms with van der Waals surface area (Å²) in [7, 11) is -0.519. The van der Waals surface area contributed by atoms with Crippen LogP contribution in [0.5, 0.6) is 0 Å². The lowest BCUT2D eigenvalue weighted by Gasteiger charge is -2.32. The van der Waals surface area contributed by atoms with Crippen LogP contribution in [0, 0.1) is 0 Å². The van der Waals surface area contributed by atoms with E-state index in [4.69, 9.17) is 9.31 Å². The van der Waals surface area contributed by atoms with E-state index >= 15 is 0 Å². The SMILES string of the molecule is CC1(C)OB(c2cncc(-n3cnc(Br)c3)n2)OC1(C)C. The van der Waals surface area contributed by atoms with Crippen LogP contribution in [0.25, 0.3) is 5.82 Å². The van der Waals surface area contributed by atoms with E-state index in [9.17, 15) is 0 Å². The Morgan fingerprint density at radius 3 is 2.38 bits per heavy atom. The van der Waals surface area contributed by atoms with Crippen molar-refractivity contribution < 1.29 is 9.31 Å². The topological polar surface area (TPSA) is 62.1 Å². The largest absolute Gasteiger partial charge is 0.516 e. The normalized spacial score (nSPS) is 20.0. The zero-order chi connectivity index (χ0) is 15.3. The third kappa shape index (κ3) is 2.63. The summed E-state index contributed by atoms with van der Waals surface area (Å²) in [6, 6.07) is 0. The van der Waals surface area contributed by atoms with Crippen LogP contribution in [0.2, 0.25) is 0 Å². The lowest BCUT2D eigenvalue weighted by Crippen LogP contribution is -2.41. The van der Waals surface area contributed by atoms with Gasteiger partial charge in [-0.25, -0.2) is 9.97 Å². The van der Waals surface area contributed by atoms with E-state index in [0.717, 1.165) is 4.60 Å². The van der Waals surface area contributed by atoms with Crippen molar-refractivity contribution in [2.45, 2.75) is 38.9 Å². The molecule has 0 aliphatic carbocycles. The molecule has 2 aromatic heterocycles. The highest BCUT2D eigenvalue weighted by Crippen LogP contribution is 2.36. The molecule has 1 aliphatic rings. The van der Waals surface area contributed by atoms with Crippen LogP contribution in [0.4, 0.5) is 0 Å². The maximum atomic E-state index is 5.99. The van der Waals surface area contributed by atoms with Gasteiger partial charge >= 0.3 is 7.12 Å². The molecule has 1 saturated heterocycles. The van der Waals surface area contributed by atoms with Gasteiger partial charge in [0.2, 0.25) is 0 Å². The fraction of sp³-hybridized carbons (Fsp3) is 0.462. The summed E-state index contributed by atoms with van der Waals surface area (Å²) < 4.78 is 14.5. The summed E-state index contributed by atoms with van der Waals surface area (Å²) in [5.41, 5.74) is -0.142. The molecular weight excluding hydrogens is 335 g/mol. The van der Waals surface area contributed by atoms with Gasteiger partial charge in [0.15, 0.2) is 5.82 Å². The van der Waals surface area contributed by atoms with Crippen LogP contribution >= 0.6 is 15.9 Å². The van der Waals surface area contributed by atoms with Crippen LogP contribution in [0.1, 0.15) is 27.7 Å². The van der Waals surface area contributed by atoms with E-state index in [1.807, 2.05) is 33.9 Å². The Morgan fingerprint density at radius 1 is 1.14 bits per heavy atom. The standard InChI is InChI=1S/C13H16BBrN4O2/c1-12(2)13(3,4)21-14(20-12)9-5-16-6-11(18-9)19-7-10(15)17-8-19/h5-8H,1-4H3. The third-order valence-electron chi connectivity index (χ3n) is 3.95. The van der Waals surface area contributed by atoms with E-state index in [1.54, 1.807) is 23.3 Å². The summed E-state index contributed by atoms with van der Waals surface area (Å²) >= 11 is 3.31. The first kappa shape index (κ1) is 14.7. The fourth-order valence-electron chi connectivity index (χ4n) is 2.00. The number of nitrogens with zero attached hydrogens (tertiary/aromatic N) is 4. The number of hydrogen-bond donors (Lipinski definition) is 0. The Balaban J connectivity index is 1.91. The second-order valence-electron chi connectivity index (χ2n) is 5.99. The van der Waals surface area contributed by atoms with Crippen molar-refractivity contribution in [3.05, 3.63) is 29.5 Å². The van der Waals surface area contributed by atoms with E-state index in [2.05, 4.69) is 30.9 Å². The molecule has 0 amide bonds. The van der Waals surface area contributed by atoms with Crippen LogP contribution < -0.4 is 5.59 Å². The molecule has 0 bridgehead atoms. The van der Waals surface area contributed by atoms with Crippen LogP contribution in [0.3, 0.4) is 0 Å². The second-order valence-corrected chi connectivity index (χ2v) is 6.81. The van der Waals surface area contributed by atoms with Gasteiger partial charge < -0.3 is 9.31 Å². The van der Waals surface area contributed by atoms with Gasteiger partial charge in [-0.3, -0.25) is 9.55 Å². The number of hydrogen-bond acceptors (Lipinski definition) is 5. The van der Waals surface area contributed by atoms with E-state index in [0.29, 0.717) is 11.4 Å². The number of rotatable bonds is 2. The van der Waals surface area contributed by atoms with Gasteiger partial charge in [0.1, 0.15) is 10.9 Å². The molecule has 3 rings (SSSR count). The zero-order valence-electron chi connectivity index (χ0n) is 12.4. The Bertz CT molecular complexity index is 658. The van der Waals surface area contributed by atoms with Crippen LogP contribution in [0.15, 0.2) is 29.5 Å². The first-order chi connectivity index (χ1) is 9.78. The highest BCUT2D eigenvalue weighted by Gasteiger charge is 2.52. The van der Waals surface area contributed by atoms with Crippen molar-refractivity contribution >= 4 is 28.6 Å². The predicted molar refractivity (Wildman–Crippen MR) is 82.6 cm³/mol. The minimum atomic E-state index is -0.519. The number of imidazole rings is 1. The lowest BCUT2D eigenvalue weighted by molar-refractivity contribution is 0.00578. The molecule has 110 valence electrons. The van der Waals surface area contributed by atoms with E-state index in [1.165, 1.54) is 0 Å². The summed E-state index contributed by atoms with van der Waals surface area (Å²) in [5.74, 6) is 0.667. The van der Waals surface area contributed by atoms with E-state index in [-0.39, 0.29) is 0 Å². The minimum Gasteiger partial charge on any atom is -0.398 e. The molecule has 21 heavy (non-hydrogen) atoms. The van der Waals surface area contributed by atoms with Crippen molar-refractivity contribution in [1.29, 1.82) is 0 Å². The fourth-order valence-corrected chi connectivity index (χ4v) is 2.31. The maximum absolute atomic E-state index is 5.99. The van der Waals surface area contributed by atoms with Gasteiger partial charge in [-0.05, 0) is 43.6 Å².